The molecular weight excluding hydrogens is 224 g/mol. The van der Waals surface area contributed by atoms with Crippen LogP contribution in [0.3, 0.4) is 0 Å². The van der Waals surface area contributed by atoms with Crippen LogP contribution in [0.25, 0.3) is 0 Å². The highest BCUT2D eigenvalue weighted by atomic mass is 32.2. The molecule has 0 aliphatic carbocycles. The summed E-state index contributed by atoms with van der Waals surface area (Å²) in [6.07, 6.45) is 1.90. The third kappa shape index (κ3) is 3.46. The number of carbonyl (C=O) groups excluding carboxylic acids is 1. The van der Waals surface area contributed by atoms with Crippen LogP contribution < -0.4 is 10.6 Å². The lowest BCUT2D eigenvalue weighted by molar-refractivity contribution is -0.117. The van der Waals surface area contributed by atoms with Crippen molar-refractivity contribution in [3.8, 4) is 0 Å². The number of aryl methyl sites for hydroxylation is 1. The van der Waals surface area contributed by atoms with Crippen molar-refractivity contribution in [3.63, 3.8) is 0 Å². The molecule has 1 unspecified atom stereocenters. The fourth-order valence-corrected chi connectivity index (χ4v) is 1.49. The third-order valence-corrected chi connectivity index (χ3v) is 2.64. The lowest BCUT2D eigenvalue weighted by Crippen LogP contribution is -2.35. The molecule has 0 fully saturated rings. The normalized spacial score (nSPS) is 12.2. The van der Waals surface area contributed by atoms with Crippen molar-refractivity contribution in [1.82, 2.24) is 15.3 Å². The van der Waals surface area contributed by atoms with E-state index < -0.39 is 0 Å². The molecule has 0 bridgehead atoms. The number of aromatic nitrogens is 2. The maximum atomic E-state index is 11.6. The van der Waals surface area contributed by atoms with E-state index in [1.807, 2.05) is 13.2 Å². The van der Waals surface area contributed by atoms with Gasteiger partial charge in [-0.1, -0.05) is 11.8 Å². The second-order valence-electron chi connectivity index (χ2n) is 3.38. The monoisotopic (exact) mass is 240 g/mol. The summed E-state index contributed by atoms with van der Waals surface area (Å²) in [6.45, 7) is 3.66. The maximum Gasteiger partial charge on any atom is 0.242 e. The second kappa shape index (κ2) is 5.81. The minimum atomic E-state index is -0.243. The van der Waals surface area contributed by atoms with E-state index in [0.717, 1.165) is 5.69 Å². The van der Waals surface area contributed by atoms with Gasteiger partial charge in [-0.05, 0) is 27.2 Å². The van der Waals surface area contributed by atoms with Crippen LogP contribution in [-0.4, -0.2) is 35.2 Å². The highest BCUT2D eigenvalue weighted by Gasteiger charge is 2.11. The molecule has 1 amide bonds. The summed E-state index contributed by atoms with van der Waals surface area (Å²) in [6, 6.07) is 1.51. The molecule has 1 aromatic rings. The van der Waals surface area contributed by atoms with E-state index >= 15 is 0 Å². The molecule has 1 heterocycles. The highest BCUT2D eigenvalue weighted by molar-refractivity contribution is 7.98. The molecule has 0 spiro atoms. The van der Waals surface area contributed by atoms with E-state index in [1.54, 1.807) is 20.0 Å². The Morgan fingerprint density at radius 2 is 2.19 bits per heavy atom. The SMILES string of the molecule is CNC(C)C(=O)Nc1cc(C)nc(SC)n1. The molecule has 0 aliphatic rings. The predicted molar refractivity (Wildman–Crippen MR) is 65.7 cm³/mol. The molecule has 1 rings (SSSR count). The van der Waals surface area contributed by atoms with Gasteiger partial charge >= 0.3 is 0 Å². The van der Waals surface area contributed by atoms with Crippen LogP contribution in [0.1, 0.15) is 12.6 Å². The molecule has 1 aromatic heterocycles. The Labute approximate surface area is 99.4 Å². The zero-order valence-electron chi connectivity index (χ0n) is 9.87. The van der Waals surface area contributed by atoms with E-state index in [0.29, 0.717) is 11.0 Å². The first kappa shape index (κ1) is 12.9. The van der Waals surface area contributed by atoms with Gasteiger partial charge in [0, 0.05) is 11.8 Å². The van der Waals surface area contributed by atoms with Crippen LogP contribution in [0.2, 0.25) is 0 Å². The Balaban J connectivity index is 2.81. The van der Waals surface area contributed by atoms with Gasteiger partial charge < -0.3 is 10.6 Å². The van der Waals surface area contributed by atoms with Crippen molar-refractivity contribution < 1.29 is 4.79 Å². The number of thioether (sulfide) groups is 1. The summed E-state index contributed by atoms with van der Waals surface area (Å²) in [5.74, 6) is 0.441. The van der Waals surface area contributed by atoms with Crippen LogP contribution in [-0.2, 0) is 4.79 Å². The number of hydrogen-bond donors (Lipinski definition) is 2. The van der Waals surface area contributed by atoms with Gasteiger partial charge in [-0.3, -0.25) is 4.79 Å². The highest BCUT2D eigenvalue weighted by Crippen LogP contribution is 2.13. The Morgan fingerprint density at radius 3 is 2.75 bits per heavy atom. The van der Waals surface area contributed by atoms with Crippen molar-refractivity contribution in [2.45, 2.75) is 25.0 Å². The Hall–Kier alpha value is -1.14. The van der Waals surface area contributed by atoms with Crippen molar-refractivity contribution in [3.05, 3.63) is 11.8 Å². The number of nitrogens with zero attached hydrogens (tertiary/aromatic N) is 2. The van der Waals surface area contributed by atoms with Crippen molar-refractivity contribution in [2.75, 3.05) is 18.6 Å². The first-order valence-electron chi connectivity index (χ1n) is 4.94. The summed E-state index contributed by atoms with van der Waals surface area (Å²) < 4.78 is 0. The van der Waals surface area contributed by atoms with Gasteiger partial charge in [0.05, 0.1) is 6.04 Å². The number of nitrogens with one attached hydrogen (secondary N) is 2. The average Bonchev–Trinajstić information content (AvgIpc) is 2.26. The molecule has 5 nitrogen and oxygen atoms in total. The maximum absolute atomic E-state index is 11.6. The minimum Gasteiger partial charge on any atom is -0.309 e. The quantitative estimate of drug-likeness (QED) is 0.608. The first-order valence-corrected chi connectivity index (χ1v) is 6.17. The van der Waals surface area contributed by atoms with Gasteiger partial charge in [0.15, 0.2) is 5.16 Å². The molecular formula is C10H16N4OS. The largest absolute Gasteiger partial charge is 0.309 e. The second-order valence-corrected chi connectivity index (χ2v) is 4.15. The van der Waals surface area contributed by atoms with Crippen molar-refractivity contribution in [2.24, 2.45) is 0 Å². The van der Waals surface area contributed by atoms with Gasteiger partial charge in [0.2, 0.25) is 5.91 Å². The fourth-order valence-electron chi connectivity index (χ4n) is 1.06. The number of anilines is 1. The smallest absolute Gasteiger partial charge is 0.242 e. The summed E-state index contributed by atoms with van der Waals surface area (Å²) >= 11 is 1.45. The molecule has 2 N–H and O–H groups in total. The van der Waals surface area contributed by atoms with Crippen LogP contribution in [0.15, 0.2) is 11.2 Å². The average molecular weight is 240 g/mol. The number of likely N-dealkylation sites (N-methyl/N-ethyl adjacent to an activating group) is 1. The summed E-state index contributed by atoms with van der Waals surface area (Å²) in [5, 5.41) is 6.27. The zero-order chi connectivity index (χ0) is 12.1. The summed E-state index contributed by atoms with van der Waals surface area (Å²) in [5.41, 5.74) is 0.840. The third-order valence-electron chi connectivity index (χ3n) is 2.09. The molecule has 0 aromatic carbocycles. The number of amides is 1. The molecule has 16 heavy (non-hydrogen) atoms. The first-order chi connectivity index (χ1) is 7.56. The van der Waals surface area contributed by atoms with E-state index in [-0.39, 0.29) is 11.9 Å². The molecule has 88 valence electrons. The van der Waals surface area contributed by atoms with Gasteiger partial charge in [-0.25, -0.2) is 9.97 Å². The number of rotatable bonds is 4. The minimum absolute atomic E-state index is 0.104. The van der Waals surface area contributed by atoms with Gasteiger partial charge in [0.25, 0.3) is 0 Å². The standard InChI is InChI=1S/C10H16N4OS/c1-6-5-8(14-10(12-6)16-4)13-9(15)7(2)11-3/h5,7,11H,1-4H3,(H,12,13,14,15). The number of hydrogen-bond acceptors (Lipinski definition) is 5. The van der Waals surface area contributed by atoms with Crippen LogP contribution in [0.4, 0.5) is 5.82 Å². The number of carbonyl (C=O) groups is 1. The van der Waals surface area contributed by atoms with E-state index in [2.05, 4.69) is 20.6 Å². The molecule has 0 aliphatic heterocycles. The van der Waals surface area contributed by atoms with Gasteiger partial charge in [0.1, 0.15) is 5.82 Å². The lowest BCUT2D eigenvalue weighted by Gasteiger charge is -2.11. The Morgan fingerprint density at radius 1 is 1.50 bits per heavy atom. The molecule has 0 radical (unpaired) electrons. The summed E-state index contributed by atoms with van der Waals surface area (Å²) in [4.78, 5) is 20.0. The van der Waals surface area contributed by atoms with E-state index in [1.165, 1.54) is 11.8 Å². The van der Waals surface area contributed by atoms with Crippen LogP contribution >= 0.6 is 11.8 Å². The zero-order valence-corrected chi connectivity index (χ0v) is 10.7. The molecule has 1 atom stereocenters. The van der Waals surface area contributed by atoms with E-state index in [9.17, 15) is 4.79 Å². The van der Waals surface area contributed by atoms with Crippen molar-refractivity contribution >= 4 is 23.5 Å². The van der Waals surface area contributed by atoms with Crippen LogP contribution in [0, 0.1) is 6.92 Å². The predicted octanol–water partition coefficient (Wildman–Crippen LogP) is 1.05. The summed E-state index contributed by atoms with van der Waals surface area (Å²) in [7, 11) is 1.74. The molecule has 0 saturated carbocycles. The van der Waals surface area contributed by atoms with Gasteiger partial charge in [-0.15, -0.1) is 0 Å². The van der Waals surface area contributed by atoms with Crippen molar-refractivity contribution in [1.29, 1.82) is 0 Å². The van der Waals surface area contributed by atoms with Gasteiger partial charge in [-0.2, -0.15) is 0 Å². The Bertz CT molecular complexity index is 383. The lowest BCUT2D eigenvalue weighted by atomic mass is 10.3. The van der Waals surface area contributed by atoms with E-state index in [4.69, 9.17) is 0 Å². The van der Waals surface area contributed by atoms with Crippen LogP contribution in [0.5, 0.6) is 0 Å². The molecule has 0 saturated heterocycles. The molecule has 6 heteroatoms. The Kier molecular flexibility index (Phi) is 4.70. The fraction of sp³-hybridized carbons (Fsp3) is 0.500. The topological polar surface area (TPSA) is 66.9 Å².